The first kappa shape index (κ1) is 12.6. The number of nitrogens with zero attached hydrogens (tertiary/aromatic N) is 4. The fourth-order valence-corrected chi connectivity index (χ4v) is 2.88. The highest BCUT2D eigenvalue weighted by Crippen LogP contribution is 2.16. The van der Waals surface area contributed by atoms with Crippen LogP contribution >= 0.6 is 22.9 Å². The summed E-state index contributed by atoms with van der Waals surface area (Å²) >= 11 is 7.53. The van der Waals surface area contributed by atoms with Crippen molar-refractivity contribution in [2.45, 2.75) is 19.4 Å². The SMILES string of the molecule is ClCCc1nc2cccnc2n1CCc1nccs1. The van der Waals surface area contributed by atoms with E-state index in [0.29, 0.717) is 5.88 Å². The third kappa shape index (κ3) is 2.62. The standard InChI is InChI=1S/C13H13ClN4S/c14-5-3-11-17-10-2-1-6-16-13(10)18(11)8-4-12-15-7-9-19-12/h1-2,6-7,9H,3-5,8H2. The van der Waals surface area contributed by atoms with Crippen LogP contribution in [0.15, 0.2) is 29.9 Å². The second-order valence-electron chi connectivity index (χ2n) is 4.14. The fourth-order valence-electron chi connectivity index (χ4n) is 2.10. The highest BCUT2D eigenvalue weighted by molar-refractivity contribution is 7.09. The zero-order valence-corrected chi connectivity index (χ0v) is 11.9. The number of imidazole rings is 1. The van der Waals surface area contributed by atoms with Gasteiger partial charge < -0.3 is 4.57 Å². The highest BCUT2D eigenvalue weighted by Gasteiger charge is 2.11. The molecule has 0 N–H and O–H groups in total. The van der Waals surface area contributed by atoms with Crippen molar-refractivity contribution in [3.05, 3.63) is 40.7 Å². The number of halogens is 1. The smallest absolute Gasteiger partial charge is 0.159 e. The molecule has 4 nitrogen and oxygen atoms in total. The van der Waals surface area contributed by atoms with Gasteiger partial charge in [-0.05, 0) is 12.1 Å². The number of aryl methyl sites for hydroxylation is 3. The average molecular weight is 293 g/mol. The van der Waals surface area contributed by atoms with E-state index in [4.69, 9.17) is 11.6 Å². The summed E-state index contributed by atoms with van der Waals surface area (Å²) < 4.78 is 2.15. The van der Waals surface area contributed by atoms with Crippen molar-refractivity contribution in [1.29, 1.82) is 0 Å². The van der Waals surface area contributed by atoms with E-state index in [1.54, 1.807) is 17.5 Å². The van der Waals surface area contributed by atoms with E-state index in [1.165, 1.54) is 0 Å². The maximum atomic E-state index is 5.85. The zero-order chi connectivity index (χ0) is 13.1. The Kier molecular flexibility index (Phi) is 3.75. The molecule has 0 amide bonds. The van der Waals surface area contributed by atoms with Crippen LogP contribution in [0.1, 0.15) is 10.8 Å². The van der Waals surface area contributed by atoms with Crippen molar-refractivity contribution in [2.75, 3.05) is 5.88 Å². The Balaban J connectivity index is 1.92. The van der Waals surface area contributed by atoms with Crippen LogP contribution in [0.5, 0.6) is 0 Å². The number of alkyl halides is 1. The van der Waals surface area contributed by atoms with Crippen LogP contribution in [0, 0.1) is 0 Å². The zero-order valence-electron chi connectivity index (χ0n) is 10.3. The molecule has 0 radical (unpaired) electrons. The van der Waals surface area contributed by atoms with Crippen LogP contribution in [0.3, 0.4) is 0 Å². The van der Waals surface area contributed by atoms with Crippen LogP contribution < -0.4 is 0 Å². The molecule has 0 spiro atoms. The van der Waals surface area contributed by atoms with Crippen LogP contribution in [-0.4, -0.2) is 25.4 Å². The molecule has 3 heterocycles. The number of rotatable bonds is 5. The molecule has 3 rings (SSSR count). The molecule has 0 aliphatic heterocycles. The van der Waals surface area contributed by atoms with E-state index in [0.717, 1.165) is 41.4 Å². The minimum Gasteiger partial charge on any atom is -0.312 e. The van der Waals surface area contributed by atoms with Gasteiger partial charge in [0.15, 0.2) is 5.65 Å². The molecule has 19 heavy (non-hydrogen) atoms. The summed E-state index contributed by atoms with van der Waals surface area (Å²) in [6.45, 7) is 0.841. The molecule has 0 bridgehead atoms. The van der Waals surface area contributed by atoms with E-state index in [9.17, 15) is 0 Å². The summed E-state index contributed by atoms with van der Waals surface area (Å²) in [5, 5.41) is 3.13. The number of pyridine rings is 1. The number of fused-ring (bicyclic) bond motifs is 1. The van der Waals surface area contributed by atoms with Gasteiger partial charge in [-0.25, -0.2) is 15.0 Å². The van der Waals surface area contributed by atoms with Gasteiger partial charge in [-0.3, -0.25) is 0 Å². The fraction of sp³-hybridized carbons (Fsp3) is 0.308. The average Bonchev–Trinajstić information content (AvgIpc) is 3.04. The van der Waals surface area contributed by atoms with Gasteiger partial charge in [-0.15, -0.1) is 22.9 Å². The van der Waals surface area contributed by atoms with Gasteiger partial charge >= 0.3 is 0 Å². The summed E-state index contributed by atoms with van der Waals surface area (Å²) in [6.07, 6.45) is 5.29. The third-order valence-corrected chi connectivity index (χ3v) is 3.96. The largest absolute Gasteiger partial charge is 0.312 e. The second-order valence-corrected chi connectivity index (χ2v) is 5.50. The maximum Gasteiger partial charge on any atom is 0.159 e. The van der Waals surface area contributed by atoms with Gasteiger partial charge in [-0.1, -0.05) is 0 Å². The number of thiazole rings is 1. The Morgan fingerprint density at radius 2 is 2.16 bits per heavy atom. The van der Waals surface area contributed by atoms with Gasteiger partial charge in [0.2, 0.25) is 0 Å². The Morgan fingerprint density at radius 3 is 2.95 bits per heavy atom. The third-order valence-electron chi connectivity index (χ3n) is 2.93. The lowest BCUT2D eigenvalue weighted by atomic mass is 10.4. The van der Waals surface area contributed by atoms with Crippen LogP contribution in [0.25, 0.3) is 11.2 Å². The van der Waals surface area contributed by atoms with E-state index in [-0.39, 0.29) is 0 Å². The summed E-state index contributed by atoms with van der Waals surface area (Å²) in [4.78, 5) is 13.3. The number of hydrogen-bond donors (Lipinski definition) is 0. The topological polar surface area (TPSA) is 43.6 Å². The first-order valence-corrected chi connectivity index (χ1v) is 7.54. The molecule has 3 aromatic heterocycles. The molecule has 0 aromatic carbocycles. The highest BCUT2D eigenvalue weighted by atomic mass is 35.5. The summed E-state index contributed by atoms with van der Waals surface area (Å²) in [5.74, 6) is 1.57. The first-order valence-electron chi connectivity index (χ1n) is 6.13. The lowest BCUT2D eigenvalue weighted by Crippen LogP contribution is -2.07. The van der Waals surface area contributed by atoms with Gasteiger partial charge in [0.1, 0.15) is 11.3 Å². The quantitative estimate of drug-likeness (QED) is 0.679. The van der Waals surface area contributed by atoms with E-state index < -0.39 is 0 Å². The maximum absolute atomic E-state index is 5.85. The molecule has 0 unspecified atom stereocenters. The predicted molar refractivity (Wildman–Crippen MR) is 77.8 cm³/mol. The van der Waals surface area contributed by atoms with Gasteiger partial charge in [-0.2, -0.15) is 0 Å². The molecule has 0 saturated carbocycles. The van der Waals surface area contributed by atoms with Crippen molar-refractivity contribution in [3.8, 4) is 0 Å². The summed E-state index contributed by atoms with van der Waals surface area (Å²) in [6, 6.07) is 3.89. The predicted octanol–water partition coefficient (Wildman–Crippen LogP) is 2.91. The molecule has 98 valence electrons. The van der Waals surface area contributed by atoms with Crippen molar-refractivity contribution < 1.29 is 0 Å². The molecule has 0 saturated heterocycles. The first-order chi connectivity index (χ1) is 9.38. The monoisotopic (exact) mass is 292 g/mol. The Bertz CT molecular complexity index is 662. The van der Waals surface area contributed by atoms with E-state index in [1.807, 2.05) is 23.7 Å². The molecule has 0 atom stereocenters. The minimum absolute atomic E-state index is 0.570. The Morgan fingerprint density at radius 1 is 1.21 bits per heavy atom. The summed E-state index contributed by atoms with van der Waals surface area (Å²) in [5.41, 5.74) is 1.86. The lowest BCUT2D eigenvalue weighted by molar-refractivity contribution is 0.668. The molecule has 0 aliphatic rings. The van der Waals surface area contributed by atoms with Crippen molar-refractivity contribution in [1.82, 2.24) is 19.5 Å². The van der Waals surface area contributed by atoms with E-state index in [2.05, 4.69) is 19.5 Å². The van der Waals surface area contributed by atoms with Crippen LogP contribution in [0.2, 0.25) is 0 Å². The van der Waals surface area contributed by atoms with Gasteiger partial charge in [0, 0.05) is 43.0 Å². The summed E-state index contributed by atoms with van der Waals surface area (Å²) in [7, 11) is 0. The van der Waals surface area contributed by atoms with Crippen LogP contribution in [-0.2, 0) is 19.4 Å². The van der Waals surface area contributed by atoms with Crippen LogP contribution in [0.4, 0.5) is 0 Å². The molecular weight excluding hydrogens is 280 g/mol. The Hall–Kier alpha value is -1.46. The Labute approximate surface area is 120 Å². The molecular formula is C13H13ClN4S. The van der Waals surface area contributed by atoms with Crippen molar-refractivity contribution in [3.63, 3.8) is 0 Å². The molecule has 6 heteroatoms. The molecule has 0 aliphatic carbocycles. The van der Waals surface area contributed by atoms with Gasteiger partial charge in [0.05, 0.1) is 5.01 Å². The normalized spacial score (nSPS) is 11.2. The van der Waals surface area contributed by atoms with E-state index >= 15 is 0 Å². The van der Waals surface area contributed by atoms with Gasteiger partial charge in [0.25, 0.3) is 0 Å². The molecule has 3 aromatic rings. The van der Waals surface area contributed by atoms with Crippen molar-refractivity contribution >= 4 is 34.1 Å². The number of hydrogen-bond acceptors (Lipinski definition) is 4. The lowest BCUT2D eigenvalue weighted by Gasteiger charge is -2.06. The minimum atomic E-state index is 0.570. The van der Waals surface area contributed by atoms with Crippen molar-refractivity contribution in [2.24, 2.45) is 0 Å². The number of aromatic nitrogens is 4. The second kappa shape index (κ2) is 5.67. The molecule has 0 fully saturated rings.